The first-order valence-corrected chi connectivity index (χ1v) is 5.18. The standard InChI is InChI=1S/C10H17NO3/c1-14-7-2-4-10(5-3-7)8(12)6-9(13)11-10/h7-8,12H,2-6H2,1H3,(H,11,13). The van der Waals surface area contributed by atoms with Crippen LogP contribution in [-0.4, -0.2) is 35.9 Å². The number of amides is 1. The number of nitrogens with one attached hydrogen (secondary N) is 1. The molecule has 1 heterocycles. The fourth-order valence-corrected chi connectivity index (χ4v) is 2.58. The van der Waals surface area contributed by atoms with E-state index in [9.17, 15) is 9.90 Å². The van der Waals surface area contributed by atoms with E-state index in [0.29, 0.717) is 6.10 Å². The van der Waals surface area contributed by atoms with Gasteiger partial charge < -0.3 is 15.2 Å². The van der Waals surface area contributed by atoms with Gasteiger partial charge in [0.25, 0.3) is 0 Å². The van der Waals surface area contributed by atoms with Gasteiger partial charge in [0.2, 0.25) is 5.91 Å². The smallest absolute Gasteiger partial charge is 0.223 e. The molecule has 1 aliphatic heterocycles. The van der Waals surface area contributed by atoms with E-state index in [0.717, 1.165) is 25.7 Å². The lowest BCUT2D eigenvalue weighted by Crippen LogP contribution is -2.51. The number of rotatable bonds is 1. The summed E-state index contributed by atoms with van der Waals surface area (Å²) in [4.78, 5) is 11.2. The molecule has 1 aliphatic carbocycles. The Labute approximate surface area is 83.6 Å². The highest BCUT2D eigenvalue weighted by Gasteiger charge is 2.47. The first kappa shape index (κ1) is 9.93. The molecule has 2 aliphatic rings. The molecule has 2 rings (SSSR count). The van der Waals surface area contributed by atoms with Crippen LogP contribution in [-0.2, 0) is 9.53 Å². The maximum absolute atomic E-state index is 11.2. The highest BCUT2D eigenvalue weighted by atomic mass is 16.5. The van der Waals surface area contributed by atoms with E-state index in [1.165, 1.54) is 0 Å². The van der Waals surface area contributed by atoms with Crippen molar-refractivity contribution in [2.24, 2.45) is 0 Å². The number of carbonyl (C=O) groups is 1. The van der Waals surface area contributed by atoms with Crippen LogP contribution in [0.1, 0.15) is 32.1 Å². The van der Waals surface area contributed by atoms with Gasteiger partial charge in [-0.3, -0.25) is 4.79 Å². The Morgan fingerprint density at radius 3 is 2.57 bits per heavy atom. The maximum Gasteiger partial charge on any atom is 0.223 e. The van der Waals surface area contributed by atoms with E-state index in [4.69, 9.17) is 4.74 Å². The van der Waals surface area contributed by atoms with Gasteiger partial charge in [0, 0.05) is 7.11 Å². The molecular weight excluding hydrogens is 182 g/mol. The topological polar surface area (TPSA) is 58.6 Å². The molecule has 2 fully saturated rings. The third-order valence-corrected chi connectivity index (χ3v) is 3.56. The first-order valence-electron chi connectivity index (χ1n) is 5.18. The zero-order chi connectivity index (χ0) is 10.2. The summed E-state index contributed by atoms with van der Waals surface area (Å²) in [5.74, 6) is -0.0200. The van der Waals surface area contributed by atoms with Crippen LogP contribution in [0.15, 0.2) is 0 Å². The van der Waals surface area contributed by atoms with E-state index in [1.54, 1.807) is 7.11 Å². The van der Waals surface area contributed by atoms with Gasteiger partial charge in [0.05, 0.1) is 24.2 Å². The Balaban J connectivity index is 2.02. The maximum atomic E-state index is 11.2. The predicted molar refractivity (Wildman–Crippen MR) is 50.8 cm³/mol. The van der Waals surface area contributed by atoms with E-state index < -0.39 is 6.10 Å². The van der Waals surface area contributed by atoms with Gasteiger partial charge in [-0.25, -0.2) is 0 Å². The molecule has 1 saturated carbocycles. The Kier molecular flexibility index (Phi) is 2.49. The average molecular weight is 199 g/mol. The number of hydrogen-bond donors (Lipinski definition) is 2. The van der Waals surface area contributed by atoms with Crippen LogP contribution in [0.3, 0.4) is 0 Å². The van der Waals surface area contributed by atoms with E-state index in [-0.39, 0.29) is 17.9 Å². The molecule has 14 heavy (non-hydrogen) atoms. The van der Waals surface area contributed by atoms with Crippen molar-refractivity contribution in [2.45, 2.75) is 49.9 Å². The van der Waals surface area contributed by atoms with Gasteiger partial charge in [-0.05, 0) is 25.7 Å². The molecule has 80 valence electrons. The zero-order valence-corrected chi connectivity index (χ0v) is 8.45. The van der Waals surface area contributed by atoms with Gasteiger partial charge in [-0.1, -0.05) is 0 Å². The van der Waals surface area contributed by atoms with Crippen molar-refractivity contribution in [1.82, 2.24) is 5.32 Å². The summed E-state index contributed by atoms with van der Waals surface area (Å²) < 4.78 is 5.26. The third kappa shape index (κ3) is 1.53. The zero-order valence-electron chi connectivity index (χ0n) is 8.45. The van der Waals surface area contributed by atoms with Crippen LogP contribution in [0.5, 0.6) is 0 Å². The lowest BCUT2D eigenvalue weighted by molar-refractivity contribution is -0.120. The molecular formula is C10H17NO3. The summed E-state index contributed by atoms with van der Waals surface area (Å²) in [5.41, 5.74) is -0.341. The van der Waals surface area contributed by atoms with E-state index >= 15 is 0 Å². The number of aliphatic hydroxyl groups excluding tert-OH is 1. The Morgan fingerprint density at radius 2 is 2.14 bits per heavy atom. The molecule has 0 aromatic heterocycles. The summed E-state index contributed by atoms with van der Waals surface area (Å²) in [5, 5.41) is 12.7. The number of carbonyl (C=O) groups excluding carboxylic acids is 1. The summed E-state index contributed by atoms with van der Waals surface area (Å²) >= 11 is 0. The van der Waals surface area contributed by atoms with Gasteiger partial charge in [0.15, 0.2) is 0 Å². The second kappa shape index (κ2) is 3.51. The minimum Gasteiger partial charge on any atom is -0.390 e. The van der Waals surface area contributed by atoms with Crippen molar-refractivity contribution in [2.75, 3.05) is 7.11 Å². The minimum atomic E-state index is -0.507. The van der Waals surface area contributed by atoms with E-state index in [1.807, 2.05) is 0 Å². The first-order chi connectivity index (χ1) is 6.66. The largest absolute Gasteiger partial charge is 0.390 e. The minimum absolute atomic E-state index is 0.0200. The fourth-order valence-electron chi connectivity index (χ4n) is 2.58. The summed E-state index contributed by atoms with van der Waals surface area (Å²) in [7, 11) is 1.71. The molecule has 0 bridgehead atoms. The van der Waals surface area contributed by atoms with Crippen molar-refractivity contribution in [3.63, 3.8) is 0 Å². The molecule has 1 atom stereocenters. The molecule has 1 amide bonds. The molecule has 1 saturated heterocycles. The van der Waals surface area contributed by atoms with Gasteiger partial charge >= 0.3 is 0 Å². The predicted octanol–water partition coefficient (Wildman–Crippen LogP) is 0.195. The highest BCUT2D eigenvalue weighted by Crippen LogP contribution is 2.36. The number of aliphatic hydroxyl groups is 1. The average Bonchev–Trinajstić information content (AvgIpc) is 2.43. The SMILES string of the molecule is COC1CCC2(CC1)NC(=O)CC2O. The molecule has 0 radical (unpaired) electrons. The molecule has 2 N–H and O–H groups in total. The second-order valence-corrected chi connectivity index (χ2v) is 4.36. The van der Waals surface area contributed by atoms with Crippen LogP contribution in [0.4, 0.5) is 0 Å². The van der Waals surface area contributed by atoms with Gasteiger partial charge in [-0.15, -0.1) is 0 Å². The molecule has 4 heteroatoms. The summed E-state index contributed by atoms with van der Waals surface area (Å²) in [6.45, 7) is 0. The van der Waals surface area contributed by atoms with Gasteiger partial charge in [0.1, 0.15) is 0 Å². The quantitative estimate of drug-likeness (QED) is 0.634. The highest BCUT2D eigenvalue weighted by molar-refractivity contribution is 5.80. The number of hydrogen-bond acceptors (Lipinski definition) is 3. The van der Waals surface area contributed by atoms with Crippen LogP contribution in [0, 0.1) is 0 Å². The van der Waals surface area contributed by atoms with Crippen LogP contribution in [0.2, 0.25) is 0 Å². The summed E-state index contributed by atoms with van der Waals surface area (Å²) in [6.07, 6.45) is 3.56. The van der Waals surface area contributed by atoms with Crippen molar-refractivity contribution < 1.29 is 14.6 Å². The molecule has 1 spiro atoms. The Hall–Kier alpha value is -0.610. The number of methoxy groups -OCH3 is 1. The van der Waals surface area contributed by atoms with Crippen molar-refractivity contribution in [1.29, 1.82) is 0 Å². The van der Waals surface area contributed by atoms with Crippen LogP contribution >= 0.6 is 0 Å². The van der Waals surface area contributed by atoms with Crippen LogP contribution in [0.25, 0.3) is 0 Å². The van der Waals surface area contributed by atoms with Crippen molar-refractivity contribution in [3.8, 4) is 0 Å². The Morgan fingerprint density at radius 1 is 1.50 bits per heavy atom. The number of ether oxygens (including phenoxy) is 1. The normalized spacial score (nSPS) is 42.9. The second-order valence-electron chi connectivity index (χ2n) is 4.36. The van der Waals surface area contributed by atoms with Crippen LogP contribution < -0.4 is 5.32 Å². The molecule has 0 aromatic rings. The fraction of sp³-hybridized carbons (Fsp3) is 0.900. The monoisotopic (exact) mass is 199 g/mol. The lowest BCUT2D eigenvalue weighted by atomic mass is 9.78. The summed E-state index contributed by atoms with van der Waals surface area (Å²) in [6, 6.07) is 0. The Bertz CT molecular complexity index is 234. The molecule has 0 aromatic carbocycles. The third-order valence-electron chi connectivity index (χ3n) is 3.56. The lowest BCUT2D eigenvalue weighted by Gasteiger charge is -2.38. The van der Waals surface area contributed by atoms with Gasteiger partial charge in [-0.2, -0.15) is 0 Å². The van der Waals surface area contributed by atoms with Crippen molar-refractivity contribution in [3.05, 3.63) is 0 Å². The van der Waals surface area contributed by atoms with E-state index in [2.05, 4.69) is 5.32 Å². The van der Waals surface area contributed by atoms with Crippen molar-refractivity contribution >= 4 is 5.91 Å². The molecule has 1 unspecified atom stereocenters. The molecule has 4 nitrogen and oxygen atoms in total.